The molecular weight excluding hydrogens is 479 g/mol. The van der Waals surface area contributed by atoms with Crippen molar-refractivity contribution >= 4 is 21.9 Å². The fourth-order valence-electron chi connectivity index (χ4n) is 4.66. The van der Waals surface area contributed by atoms with Gasteiger partial charge < -0.3 is 14.6 Å². The molecule has 0 spiro atoms. The molecule has 0 radical (unpaired) electrons. The maximum absolute atomic E-state index is 14.2. The van der Waals surface area contributed by atoms with Gasteiger partial charge >= 0.3 is 0 Å². The Morgan fingerprint density at radius 2 is 1.84 bits per heavy atom. The number of aromatic amines is 2. The van der Waals surface area contributed by atoms with Gasteiger partial charge in [0.15, 0.2) is 0 Å². The van der Waals surface area contributed by atoms with Gasteiger partial charge in [-0.15, -0.1) is 0 Å². The number of rotatable bonds is 7. The Morgan fingerprint density at radius 3 is 2.68 bits per heavy atom. The summed E-state index contributed by atoms with van der Waals surface area (Å²) in [5, 5.41) is 8.66. The van der Waals surface area contributed by atoms with Gasteiger partial charge in [0.25, 0.3) is 0 Å². The van der Waals surface area contributed by atoms with Gasteiger partial charge in [-0.25, -0.2) is 9.37 Å². The van der Waals surface area contributed by atoms with Crippen molar-refractivity contribution in [2.75, 3.05) is 27.2 Å². The van der Waals surface area contributed by atoms with Crippen molar-refractivity contribution in [2.45, 2.75) is 6.92 Å². The fraction of sp³-hybridized carbons (Fsp3) is 0.167. The molecule has 190 valence electrons. The predicted molar refractivity (Wildman–Crippen MR) is 149 cm³/mol. The molecule has 0 saturated carbocycles. The lowest BCUT2D eigenvalue weighted by Crippen LogP contribution is -2.19. The van der Waals surface area contributed by atoms with Gasteiger partial charge in [0.1, 0.15) is 29.4 Å². The fourth-order valence-corrected chi connectivity index (χ4v) is 4.66. The van der Waals surface area contributed by atoms with E-state index < -0.39 is 0 Å². The summed E-state index contributed by atoms with van der Waals surface area (Å²) in [4.78, 5) is 14.8. The van der Waals surface area contributed by atoms with E-state index >= 15 is 0 Å². The van der Waals surface area contributed by atoms with E-state index in [1.54, 1.807) is 18.5 Å². The summed E-state index contributed by atoms with van der Waals surface area (Å²) in [5.41, 5.74) is 8.37. The third kappa shape index (κ3) is 4.62. The minimum absolute atomic E-state index is 0.246. The van der Waals surface area contributed by atoms with Crippen LogP contribution < -0.4 is 4.74 Å². The molecule has 0 saturated heterocycles. The lowest BCUT2D eigenvalue weighted by molar-refractivity contribution is 0.261. The van der Waals surface area contributed by atoms with Crippen molar-refractivity contribution in [3.63, 3.8) is 0 Å². The Balaban J connectivity index is 1.38. The third-order valence-corrected chi connectivity index (χ3v) is 6.50. The average molecular weight is 507 g/mol. The van der Waals surface area contributed by atoms with E-state index in [-0.39, 0.29) is 5.82 Å². The SMILES string of the molecule is Cc1cc(F)cc(-c2cccc3[nH]c(-c4n[nH]c5ccc(-c6cncc(OCCN(C)C)c6)nc45)cc23)c1. The Labute approximate surface area is 219 Å². The van der Waals surface area contributed by atoms with Crippen LogP contribution in [-0.2, 0) is 0 Å². The van der Waals surface area contributed by atoms with Crippen LogP contribution >= 0.6 is 0 Å². The maximum atomic E-state index is 14.2. The molecule has 6 rings (SSSR count). The molecule has 0 aliphatic rings. The average Bonchev–Trinajstić information content (AvgIpc) is 3.51. The highest BCUT2D eigenvalue weighted by Gasteiger charge is 2.16. The second kappa shape index (κ2) is 9.72. The summed E-state index contributed by atoms with van der Waals surface area (Å²) >= 11 is 0. The lowest BCUT2D eigenvalue weighted by Gasteiger charge is -2.11. The Kier molecular flexibility index (Phi) is 6.09. The number of pyridine rings is 2. The summed E-state index contributed by atoms with van der Waals surface area (Å²) in [6.07, 6.45) is 3.49. The normalized spacial score (nSPS) is 11.6. The molecule has 0 amide bonds. The first-order valence-electron chi connectivity index (χ1n) is 12.4. The highest BCUT2D eigenvalue weighted by atomic mass is 19.1. The van der Waals surface area contributed by atoms with Gasteiger partial charge in [-0.2, -0.15) is 5.10 Å². The van der Waals surface area contributed by atoms with E-state index in [9.17, 15) is 4.39 Å². The van der Waals surface area contributed by atoms with Crippen LogP contribution in [0.15, 0.2) is 73.1 Å². The zero-order valence-corrected chi connectivity index (χ0v) is 21.4. The Hall–Kier alpha value is -4.56. The van der Waals surface area contributed by atoms with Crippen molar-refractivity contribution in [1.82, 2.24) is 30.0 Å². The number of ether oxygens (including phenoxy) is 1. The molecule has 0 aliphatic carbocycles. The van der Waals surface area contributed by atoms with Crippen LogP contribution in [0.1, 0.15) is 5.56 Å². The van der Waals surface area contributed by atoms with E-state index in [1.165, 1.54) is 6.07 Å². The van der Waals surface area contributed by atoms with Crippen LogP contribution in [0.25, 0.3) is 55.7 Å². The van der Waals surface area contributed by atoms with Gasteiger partial charge in [-0.3, -0.25) is 10.1 Å². The third-order valence-electron chi connectivity index (χ3n) is 6.50. The number of benzene rings is 2. The molecule has 2 aromatic carbocycles. The molecule has 0 bridgehead atoms. The quantitative estimate of drug-likeness (QED) is 0.268. The number of halogens is 1. The zero-order chi connectivity index (χ0) is 26.2. The molecule has 0 unspecified atom stereocenters. The van der Waals surface area contributed by atoms with E-state index in [1.807, 2.05) is 63.5 Å². The molecule has 38 heavy (non-hydrogen) atoms. The number of aryl methyl sites for hydroxylation is 1. The predicted octanol–water partition coefficient (Wildman–Crippen LogP) is 6.22. The minimum atomic E-state index is -0.246. The number of fused-ring (bicyclic) bond motifs is 2. The number of H-pyrrole nitrogens is 2. The van der Waals surface area contributed by atoms with Crippen LogP contribution in [0.5, 0.6) is 5.75 Å². The number of likely N-dealkylation sites (N-methyl/N-ethyl adjacent to an activating group) is 1. The summed E-state index contributed by atoms with van der Waals surface area (Å²) in [6.45, 7) is 3.29. The van der Waals surface area contributed by atoms with E-state index in [2.05, 4.69) is 31.1 Å². The second-order valence-electron chi connectivity index (χ2n) is 9.69. The highest BCUT2D eigenvalue weighted by molar-refractivity contribution is 6.00. The number of nitrogens with one attached hydrogen (secondary N) is 2. The molecule has 6 aromatic rings. The molecule has 0 fully saturated rings. The van der Waals surface area contributed by atoms with Crippen LogP contribution in [0, 0.1) is 12.7 Å². The van der Waals surface area contributed by atoms with Gasteiger partial charge in [0.2, 0.25) is 0 Å². The van der Waals surface area contributed by atoms with Crippen molar-refractivity contribution in [3.8, 4) is 39.5 Å². The van der Waals surface area contributed by atoms with Crippen LogP contribution in [-0.4, -0.2) is 57.3 Å². The summed E-state index contributed by atoms with van der Waals surface area (Å²) in [7, 11) is 4.02. The first kappa shape index (κ1) is 23.8. The molecule has 4 aromatic heterocycles. The van der Waals surface area contributed by atoms with Crippen molar-refractivity contribution in [2.24, 2.45) is 0 Å². The molecule has 0 atom stereocenters. The van der Waals surface area contributed by atoms with Crippen LogP contribution in [0.2, 0.25) is 0 Å². The van der Waals surface area contributed by atoms with Crippen LogP contribution in [0.3, 0.4) is 0 Å². The first-order valence-corrected chi connectivity index (χ1v) is 12.4. The van der Waals surface area contributed by atoms with Gasteiger partial charge in [0, 0.05) is 29.2 Å². The first-order chi connectivity index (χ1) is 18.4. The lowest BCUT2D eigenvalue weighted by atomic mass is 10.00. The minimum Gasteiger partial charge on any atom is -0.491 e. The van der Waals surface area contributed by atoms with Crippen LogP contribution in [0.4, 0.5) is 4.39 Å². The zero-order valence-electron chi connectivity index (χ0n) is 21.4. The van der Waals surface area contributed by atoms with E-state index in [0.717, 1.165) is 62.1 Å². The number of nitrogens with zero attached hydrogens (tertiary/aromatic N) is 4. The summed E-state index contributed by atoms with van der Waals surface area (Å²) < 4.78 is 20.0. The van der Waals surface area contributed by atoms with Gasteiger partial charge in [-0.05, 0) is 80.2 Å². The van der Waals surface area contributed by atoms with Crippen molar-refractivity contribution in [1.29, 1.82) is 0 Å². The van der Waals surface area contributed by atoms with Crippen molar-refractivity contribution in [3.05, 3.63) is 84.4 Å². The number of hydrogen-bond donors (Lipinski definition) is 2. The highest BCUT2D eigenvalue weighted by Crippen LogP contribution is 2.35. The molecule has 0 aliphatic heterocycles. The Morgan fingerprint density at radius 1 is 0.947 bits per heavy atom. The number of aromatic nitrogens is 5. The molecule has 8 heteroatoms. The number of hydrogen-bond acceptors (Lipinski definition) is 5. The smallest absolute Gasteiger partial charge is 0.138 e. The Bertz CT molecular complexity index is 1750. The molecule has 4 heterocycles. The largest absolute Gasteiger partial charge is 0.491 e. The van der Waals surface area contributed by atoms with E-state index in [4.69, 9.17) is 9.72 Å². The van der Waals surface area contributed by atoms with Gasteiger partial charge in [0.05, 0.1) is 23.1 Å². The van der Waals surface area contributed by atoms with E-state index in [0.29, 0.717) is 18.1 Å². The summed E-state index contributed by atoms with van der Waals surface area (Å²) in [5.74, 6) is 0.457. The molecular formula is C30H27FN6O. The molecule has 2 N–H and O–H groups in total. The monoisotopic (exact) mass is 506 g/mol. The topological polar surface area (TPSA) is 82.7 Å². The standard InChI is InChI=1S/C30H27FN6O/c1-18-11-19(13-21(31)12-18)23-5-4-6-26-24(23)15-28(33-26)30-29-27(35-36-30)8-7-25(34-29)20-14-22(17-32-16-20)38-10-9-37(2)3/h4-8,11-17,33H,9-10H2,1-3H3,(H,35,36). The van der Waals surface area contributed by atoms with Crippen molar-refractivity contribution < 1.29 is 9.13 Å². The molecule has 7 nitrogen and oxygen atoms in total. The maximum Gasteiger partial charge on any atom is 0.138 e. The second-order valence-corrected chi connectivity index (χ2v) is 9.69. The van der Waals surface area contributed by atoms with Gasteiger partial charge in [-0.1, -0.05) is 18.2 Å². The summed E-state index contributed by atoms with van der Waals surface area (Å²) in [6, 6.07) is 19.0.